The Labute approximate surface area is 112 Å². The molecule has 2 rings (SSSR count). The smallest absolute Gasteiger partial charge is 0.258 e. The maximum atomic E-state index is 12.0. The van der Waals surface area contributed by atoms with E-state index in [1.165, 1.54) is 18.2 Å². The second-order valence-corrected chi connectivity index (χ2v) is 6.35. The first-order valence-electron chi connectivity index (χ1n) is 4.96. The van der Waals surface area contributed by atoms with Crippen molar-refractivity contribution in [3.05, 3.63) is 39.4 Å². The number of nitro benzene ring substituents is 1. The van der Waals surface area contributed by atoms with Crippen LogP contribution in [0.5, 0.6) is 0 Å². The molecule has 0 bridgehead atoms. The van der Waals surface area contributed by atoms with Gasteiger partial charge in [-0.05, 0) is 13.0 Å². The zero-order valence-corrected chi connectivity index (χ0v) is 11.2. The highest BCUT2D eigenvalue weighted by atomic mass is 32.2. The van der Waals surface area contributed by atoms with Crippen LogP contribution in [0.15, 0.2) is 29.2 Å². The molecule has 1 aromatic heterocycles. The van der Waals surface area contributed by atoms with E-state index in [1.807, 2.05) is 0 Å². The first-order chi connectivity index (χ1) is 8.88. The number of hydrogen-bond acceptors (Lipinski definition) is 7. The van der Waals surface area contributed by atoms with Crippen LogP contribution < -0.4 is 4.72 Å². The Balaban J connectivity index is 2.34. The van der Waals surface area contributed by atoms with Crippen LogP contribution >= 0.6 is 11.3 Å². The van der Waals surface area contributed by atoms with Gasteiger partial charge in [0.2, 0.25) is 5.13 Å². The van der Waals surface area contributed by atoms with Gasteiger partial charge in [0.1, 0.15) is 5.01 Å². The lowest BCUT2D eigenvalue weighted by molar-refractivity contribution is -0.385. The summed E-state index contributed by atoms with van der Waals surface area (Å²) in [6, 6.07) is 4.77. The molecular weight excluding hydrogens is 292 g/mol. The summed E-state index contributed by atoms with van der Waals surface area (Å²) in [4.78, 5) is 9.75. The molecule has 0 aliphatic rings. The highest BCUT2D eigenvalue weighted by Gasteiger charge is 2.19. The molecule has 0 fully saturated rings. The first-order valence-corrected chi connectivity index (χ1v) is 7.26. The summed E-state index contributed by atoms with van der Waals surface area (Å²) in [6.45, 7) is 1.68. The van der Waals surface area contributed by atoms with Crippen molar-refractivity contribution in [1.29, 1.82) is 0 Å². The Kier molecular flexibility index (Phi) is 3.44. The fourth-order valence-electron chi connectivity index (χ4n) is 1.28. The van der Waals surface area contributed by atoms with Crippen LogP contribution in [0.4, 0.5) is 10.8 Å². The van der Waals surface area contributed by atoms with Crippen LogP contribution in [-0.4, -0.2) is 23.5 Å². The maximum absolute atomic E-state index is 12.0. The third-order valence-electron chi connectivity index (χ3n) is 2.09. The minimum atomic E-state index is -3.90. The molecule has 0 saturated heterocycles. The SMILES string of the molecule is Cc1nnc(NS(=O)(=O)c2cccc([N+](=O)[O-])c2)s1. The summed E-state index contributed by atoms with van der Waals surface area (Å²) in [5, 5.41) is 18.6. The summed E-state index contributed by atoms with van der Waals surface area (Å²) in [6.07, 6.45) is 0. The molecule has 19 heavy (non-hydrogen) atoms. The van der Waals surface area contributed by atoms with Gasteiger partial charge in [-0.1, -0.05) is 17.4 Å². The number of non-ortho nitro benzene ring substituents is 1. The van der Waals surface area contributed by atoms with Crippen molar-refractivity contribution in [3.8, 4) is 0 Å². The van der Waals surface area contributed by atoms with Gasteiger partial charge in [-0.25, -0.2) is 8.42 Å². The molecule has 0 aliphatic carbocycles. The number of nitro groups is 1. The number of rotatable bonds is 4. The van der Waals surface area contributed by atoms with E-state index in [1.54, 1.807) is 6.92 Å². The number of nitrogens with one attached hydrogen (secondary N) is 1. The van der Waals surface area contributed by atoms with Crippen LogP contribution in [0.1, 0.15) is 5.01 Å². The van der Waals surface area contributed by atoms with Gasteiger partial charge in [0.05, 0.1) is 9.82 Å². The Morgan fingerprint density at radius 2 is 2.11 bits per heavy atom. The Morgan fingerprint density at radius 1 is 1.37 bits per heavy atom. The molecule has 0 spiro atoms. The highest BCUT2D eigenvalue weighted by Crippen LogP contribution is 2.22. The van der Waals surface area contributed by atoms with E-state index >= 15 is 0 Å². The second-order valence-electron chi connectivity index (χ2n) is 3.49. The zero-order chi connectivity index (χ0) is 14.0. The monoisotopic (exact) mass is 300 g/mol. The highest BCUT2D eigenvalue weighted by molar-refractivity contribution is 7.93. The molecule has 1 heterocycles. The molecule has 0 aliphatic heterocycles. The van der Waals surface area contributed by atoms with Crippen molar-refractivity contribution >= 4 is 32.2 Å². The van der Waals surface area contributed by atoms with Gasteiger partial charge in [0.15, 0.2) is 0 Å². The predicted molar refractivity (Wildman–Crippen MR) is 68.6 cm³/mol. The largest absolute Gasteiger partial charge is 0.270 e. The zero-order valence-electron chi connectivity index (χ0n) is 9.60. The molecular formula is C9H8N4O4S2. The van der Waals surface area contributed by atoms with Crippen LogP contribution in [0, 0.1) is 17.0 Å². The van der Waals surface area contributed by atoms with E-state index in [0.29, 0.717) is 5.01 Å². The number of sulfonamides is 1. The topological polar surface area (TPSA) is 115 Å². The average molecular weight is 300 g/mol. The molecule has 10 heteroatoms. The Bertz CT molecular complexity index is 725. The standard InChI is InChI=1S/C9H8N4O4S2/c1-6-10-11-9(18-6)12-19(16,17)8-4-2-3-7(5-8)13(14)15/h2-5H,1H3,(H,11,12). The number of anilines is 1. The van der Waals surface area contributed by atoms with Gasteiger partial charge in [0, 0.05) is 12.1 Å². The molecule has 0 radical (unpaired) electrons. The lowest BCUT2D eigenvalue weighted by Gasteiger charge is -2.04. The molecule has 1 N–H and O–H groups in total. The van der Waals surface area contributed by atoms with Crippen LogP contribution in [0.3, 0.4) is 0 Å². The fraction of sp³-hybridized carbons (Fsp3) is 0.111. The van der Waals surface area contributed by atoms with Crippen molar-refractivity contribution in [3.63, 3.8) is 0 Å². The van der Waals surface area contributed by atoms with Gasteiger partial charge in [-0.3, -0.25) is 14.8 Å². The van der Waals surface area contributed by atoms with Gasteiger partial charge in [-0.15, -0.1) is 10.2 Å². The van der Waals surface area contributed by atoms with Crippen molar-refractivity contribution in [2.45, 2.75) is 11.8 Å². The number of aromatic nitrogens is 2. The summed E-state index contributed by atoms with van der Waals surface area (Å²) < 4.78 is 26.2. The molecule has 100 valence electrons. The van der Waals surface area contributed by atoms with Crippen molar-refractivity contribution < 1.29 is 13.3 Å². The van der Waals surface area contributed by atoms with Crippen molar-refractivity contribution in [1.82, 2.24) is 10.2 Å². The van der Waals surface area contributed by atoms with E-state index in [4.69, 9.17) is 0 Å². The third-order valence-corrected chi connectivity index (χ3v) is 4.31. The molecule has 2 aromatic rings. The Morgan fingerprint density at radius 3 is 2.68 bits per heavy atom. The lowest BCUT2D eigenvalue weighted by atomic mass is 10.3. The number of nitrogens with zero attached hydrogens (tertiary/aromatic N) is 3. The molecule has 1 aromatic carbocycles. The minimum Gasteiger partial charge on any atom is -0.258 e. The molecule has 0 amide bonds. The summed E-state index contributed by atoms with van der Waals surface area (Å²) in [5.74, 6) is 0. The van der Waals surface area contributed by atoms with Gasteiger partial charge < -0.3 is 0 Å². The maximum Gasteiger partial charge on any atom is 0.270 e. The first kappa shape index (κ1) is 13.4. The number of benzene rings is 1. The molecule has 0 atom stereocenters. The summed E-state index contributed by atoms with van der Waals surface area (Å²) >= 11 is 1.07. The molecule has 8 nitrogen and oxygen atoms in total. The van der Waals surface area contributed by atoms with Crippen molar-refractivity contribution in [2.24, 2.45) is 0 Å². The van der Waals surface area contributed by atoms with Gasteiger partial charge >= 0.3 is 0 Å². The van der Waals surface area contributed by atoms with E-state index in [2.05, 4.69) is 14.9 Å². The van der Waals surface area contributed by atoms with Crippen LogP contribution in [0.25, 0.3) is 0 Å². The summed E-state index contributed by atoms with van der Waals surface area (Å²) in [7, 11) is -3.90. The van der Waals surface area contributed by atoms with E-state index in [9.17, 15) is 18.5 Å². The van der Waals surface area contributed by atoms with Gasteiger partial charge in [-0.2, -0.15) is 0 Å². The molecule has 0 saturated carbocycles. The molecule has 0 unspecified atom stereocenters. The van der Waals surface area contributed by atoms with Crippen LogP contribution in [-0.2, 0) is 10.0 Å². The lowest BCUT2D eigenvalue weighted by Crippen LogP contribution is -2.13. The van der Waals surface area contributed by atoms with Crippen LogP contribution in [0.2, 0.25) is 0 Å². The quantitative estimate of drug-likeness (QED) is 0.676. The second kappa shape index (κ2) is 4.90. The normalized spacial score (nSPS) is 11.2. The summed E-state index contributed by atoms with van der Waals surface area (Å²) in [5.41, 5.74) is -0.295. The average Bonchev–Trinajstić information content (AvgIpc) is 2.74. The van der Waals surface area contributed by atoms with Gasteiger partial charge in [0.25, 0.3) is 15.7 Å². The predicted octanol–water partition coefficient (Wildman–Crippen LogP) is 1.56. The van der Waals surface area contributed by atoms with Crippen molar-refractivity contribution in [2.75, 3.05) is 4.72 Å². The van der Waals surface area contributed by atoms with E-state index in [0.717, 1.165) is 17.4 Å². The minimum absolute atomic E-state index is 0.115. The Hall–Kier alpha value is -2.07. The van der Waals surface area contributed by atoms with E-state index in [-0.39, 0.29) is 15.7 Å². The fourth-order valence-corrected chi connectivity index (χ4v) is 3.14. The number of aryl methyl sites for hydroxylation is 1. The van der Waals surface area contributed by atoms with E-state index < -0.39 is 14.9 Å². The number of hydrogen-bond donors (Lipinski definition) is 1. The third kappa shape index (κ3) is 3.03.